The Hall–Kier alpha value is -4.05. The lowest BCUT2D eigenvalue weighted by atomic mass is 10.1. The van der Waals surface area contributed by atoms with Gasteiger partial charge in [-0.2, -0.15) is 0 Å². The Balaban J connectivity index is 1.58. The van der Waals surface area contributed by atoms with Gasteiger partial charge in [0.15, 0.2) is 0 Å². The smallest absolute Gasteiger partial charge is 0.340 e. The van der Waals surface area contributed by atoms with Crippen molar-refractivity contribution in [1.29, 1.82) is 0 Å². The van der Waals surface area contributed by atoms with Crippen LogP contribution in [0.2, 0.25) is 0 Å². The maximum atomic E-state index is 13.4. The van der Waals surface area contributed by atoms with E-state index >= 15 is 0 Å². The van der Waals surface area contributed by atoms with Crippen LogP contribution in [0.1, 0.15) is 32.8 Å². The minimum atomic E-state index is -0.929. The maximum absolute atomic E-state index is 13.4. The number of carbonyl (C=O) groups is 2. The van der Waals surface area contributed by atoms with Gasteiger partial charge in [0.25, 0.3) is 11.5 Å². The Morgan fingerprint density at radius 3 is 2.78 bits per heavy atom. The number of pyridine rings is 1. The zero-order valence-corrected chi connectivity index (χ0v) is 17.0. The summed E-state index contributed by atoms with van der Waals surface area (Å²) >= 11 is 0. The van der Waals surface area contributed by atoms with Gasteiger partial charge < -0.3 is 20.7 Å². The fourth-order valence-electron chi connectivity index (χ4n) is 4.10. The van der Waals surface area contributed by atoms with Gasteiger partial charge in [0, 0.05) is 19.2 Å². The first kappa shape index (κ1) is 19.9. The molecule has 0 saturated carbocycles. The molecule has 1 atom stereocenters. The fraction of sp³-hybridized carbons (Fsp3) is 0.227. The molecule has 2 aliphatic heterocycles. The number of fused-ring (bicyclic) bond motifs is 2. The van der Waals surface area contributed by atoms with Gasteiger partial charge in [-0.3, -0.25) is 14.2 Å². The molecule has 32 heavy (non-hydrogen) atoms. The highest BCUT2D eigenvalue weighted by Gasteiger charge is 2.48. The van der Waals surface area contributed by atoms with Crippen LogP contribution in [-0.2, 0) is 17.0 Å². The summed E-state index contributed by atoms with van der Waals surface area (Å²) in [6.45, 7) is 1.05. The summed E-state index contributed by atoms with van der Waals surface area (Å²) in [6, 6.07) is 12.2. The molecule has 1 spiro atoms. The molecule has 162 valence electrons. The van der Waals surface area contributed by atoms with E-state index in [1.54, 1.807) is 6.07 Å². The van der Waals surface area contributed by atoms with Crippen LogP contribution in [0.3, 0.4) is 0 Å². The molecule has 1 aromatic carbocycles. The zero-order valence-electron chi connectivity index (χ0n) is 17.0. The molecule has 0 bridgehead atoms. The molecule has 1 saturated heterocycles. The average molecular weight is 432 g/mol. The topological polar surface area (TPSA) is 127 Å². The molecule has 5 rings (SSSR count). The Morgan fingerprint density at radius 1 is 1.22 bits per heavy atom. The molecule has 0 aliphatic carbocycles. The molecule has 3 aromatic rings. The number of hydrogen-bond donors (Lipinski definition) is 3. The van der Waals surface area contributed by atoms with Gasteiger partial charge in [-0.25, -0.2) is 14.8 Å². The molecule has 1 amide bonds. The minimum Gasteiger partial charge on any atom is -0.457 e. The SMILES string of the molecule is O=C(OCc1ccccc1)c1cc(Nc2ccncn2)c(=O)n2c1C(=O)NC21CCNC1. The van der Waals surface area contributed by atoms with Gasteiger partial charge in [-0.05, 0) is 24.2 Å². The second kappa shape index (κ2) is 7.89. The van der Waals surface area contributed by atoms with E-state index in [1.807, 2.05) is 30.3 Å². The van der Waals surface area contributed by atoms with E-state index in [9.17, 15) is 14.4 Å². The fourth-order valence-corrected chi connectivity index (χ4v) is 4.10. The highest BCUT2D eigenvalue weighted by molar-refractivity contribution is 6.06. The summed E-state index contributed by atoms with van der Waals surface area (Å²) in [7, 11) is 0. The highest BCUT2D eigenvalue weighted by Crippen LogP contribution is 2.31. The van der Waals surface area contributed by atoms with Crippen molar-refractivity contribution >= 4 is 23.4 Å². The van der Waals surface area contributed by atoms with Gasteiger partial charge >= 0.3 is 5.97 Å². The summed E-state index contributed by atoms with van der Waals surface area (Å²) < 4.78 is 6.85. The Morgan fingerprint density at radius 2 is 2.06 bits per heavy atom. The van der Waals surface area contributed by atoms with Crippen molar-refractivity contribution in [3.8, 4) is 0 Å². The third kappa shape index (κ3) is 3.40. The normalized spacial score (nSPS) is 18.9. The van der Waals surface area contributed by atoms with Gasteiger partial charge in [-0.15, -0.1) is 0 Å². The van der Waals surface area contributed by atoms with Crippen LogP contribution >= 0.6 is 0 Å². The Kier molecular flexibility index (Phi) is 4.91. The summed E-state index contributed by atoms with van der Waals surface area (Å²) in [5, 5.41) is 9.01. The quantitative estimate of drug-likeness (QED) is 0.512. The molecule has 3 N–H and O–H groups in total. The van der Waals surface area contributed by atoms with Crippen LogP contribution in [0, 0.1) is 0 Å². The third-order valence-corrected chi connectivity index (χ3v) is 5.60. The first-order valence-electron chi connectivity index (χ1n) is 10.2. The highest BCUT2D eigenvalue weighted by atomic mass is 16.5. The van der Waals surface area contributed by atoms with Crippen LogP contribution < -0.4 is 21.5 Å². The third-order valence-electron chi connectivity index (χ3n) is 5.60. The predicted molar refractivity (Wildman–Crippen MR) is 115 cm³/mol. The number of ether oxygens (including phenoxy) is 1. The van der Waals surface area contributed by atoms with Crippen LogP contribution in [0.25, 0.3) is 0 Å². The van der Waals surface area contributed by atoms with Crippen molar-refractivity contribution in [1.82, 2.24) is 25.2 Å². The molecule has 10 heteroatoms. The van der Waals surface area contributed by atoms with E-state index in [2.05, 4.69) is 25.9 Å². The number of hydrogen-bond acceptors (Lipinski definition) is 8. The van der Waals surface area contributed by atoms with E-state index in [4.69, 9.17) is 4.74 Å². The number of rotatable bonds is 5. The van der Waals surface area contributed by atoms with Crippen molar-refractivity contribution in [3.63, 3.8) is 0 Å². The standard InChI is InChI=1S/C22H20N6O4/c29-19-18-15(21(31)32-11-14-4-2-1-3-5-14)10-16(26-17-6-8-24-13-25-17)20(30)28(18)22(27-19)7-9-23-12-22/h1-6,8,10,13,23H,7,9,11-12H2,(H,27,29)(H,24,25,26). The lowest BCUT2D eigenvalue weighted by molar-refractivity contribution is 0.0469. The van der Waals surface area contributed by atoms with Crippen LogP contribution in [-0.4, -0.2) is 39.5 Å². The van der Waals surface area contributed by atoms with Crippen molar-refractivity contribution < 1.29 is 14.3 Å². The second-order valence-corrected chi connectivity index (χ2v) is 7.65. The first-order chi connectivity index (χ1) is 15.6. The van der Waals surface area contributed by atoms with Gasteiger partial charge in [0.1, 0.15) is 35.8 Å². The number of amides is 1. The number of anilines is 2. The lowest BCUT2D eigenvalue weighted by Crippen LogP contribution is -2.49. The number of benzene rings is 1. The number of nitrogens with one attached hydrogen (secondary N) is 3. The first-order valence-corrected chi connectivity index (χ1v) is 10.2. The predicted octanol–water partition coefficient (Wildman–Crippen LogP) is 1.13. The van der Waals surface area contributed by atoms with E-state index < -0.39 is 23.1 Å². The van der Waals surface area contributed by atoms with Crippen LogP contribution in [0.5, 0.6) is 0 Å². The van der Waals surface area contributed by atoms with Crippen LogP contribution in [0.4, 0.5) is 11.5 Å². The Bertz CT molecular complexity index is 1240. The molecule has 10 nitrogen and oxygen atoms in total. The average Bonchev–Trinajstić information content (AvgIpc) is 3.40. The van der Waals surface area contributed by atoms with E-state index in [-0.39, 0.29) is 23.6 Å². The van der Waals surface area contributed by atoms with Crippen LogP contribution in [0.15, 0.2) is 59.8 Å². The number of carbonyl (C=O) groups excluding carboxylic acids is 2. The van der Waals surface area contributed by atoms with Crippen molar-refractivity contribution in [2.75, 3.05) is 18.4 Å². The van der Waals surface area contributed by atoms with Gasteiger partial charge in [-0.1, -0.05) is 30.3 Å². The zero-order chi connectivity index (χ0) is 22.1. The molecule has 1 fully saturated rings. The number of esters is 1. The lowest BCUT2D eigenvalue weighted by Gasteiger charge is -2.26. The summed E-state index contributed by atoms with van der Waals surface area (Å²) in [6.07, 6.45) is 3.39. The second-order valence-electron chi connectivity index (χ2n) is 7.65. The van der Waals surface area contributed by atoms with Gasteiger partial charge in [0.2, 0.25) is 0 Å². The van der Waals surface area contributed by atoms with E-state index in [1.165, 1.54) is 23.2 Å². The molecular formula is C22H20N6O4. The molecule has 2 aliphatic rings. The summed E-state index contributed by atoms with van der Waals surface area (Å²) in [4.78, 5) is 47.3. The summed E-state index contributed by atoms with van der Waals surface area (Å²) in [5.74, 6) is -0.787. The van der Waals surface area contributed by atoms with Gasteiger partial charge in [0.05, 0.1) is 5.56 Å². The van der Waals surface area contributed by atoms with E-state index in [0.29, 0.717) is 25.3 Å². The molecule has 4 heterocycles. The Labute approximate surface area is 182 Å². The monoisotopic (exact) mass is 432 g/mol. The molecule has 1 unspecified atom stereocenters. The van der Waals surface area contributed by atoms with E-state index in [0.717, 1.165) is 5.56 Å². The molecular weight excluding hydrogens is 412 g/mol. The van der Waals surface area contributed by atoms with Crippen molar-refractivity contribution in [2.24, 2.45) is 0 Å². The molecule has 2 aromatic heterocycles. The molecule has 0 radical (unpaired) electrons. The largest absolute Gasteiger partial charge is 0.457 e. The minimum absolute atomic E-state index is 0.00463. The van der Waals surface area contributed by atoms with Crippen molar-refractivity contribution in [3.05, 3.63) is 82.2 Å². The van der Waals surface area contributed by atoms with Crippen molar-refractivity contribution in [2.45, 2.75) is 18.7 Å². The number of nitrogens with zero attached hydrogens (tertiary/aromatic N) is 3. The number of aromatic nitrogens is 3. The summed E-state index contributed by atoms with van der Waals surface area (Å²) in [5.41, 5.74) is -0.419. The maximum Gasteiger partial charge on any atom is 0.340 e.